The Labute approximate surface area is 181 Å². The normalized spacial score (nSPS) is 12.0. The number of nitrogens with one attached hydrogen (secondary N) is 1. The predicted molar refractivity (Wildman–Crippen MR) is 120 cm³/mol. The van der Waals surface area contributed by atoms with Gasteiger partial charge in [0.15, 0.2) is 11.2 Å². The number of thioether (sulfide) groups is 1. The van der Waals surface area contributed by atoms with Crippen molar-refractivity contribution in [2.75, 3.05) is 11.1 Å². The van der Waals surface area contributed by atoms with Crippen molar-refractivity contribution < 1.29 is 15.0 Å². The van der Waals surface area contributed by atoms with Gasteiger partial charge in [0.05, 0.1) is 18.5 Å². The number of hydrogen-bond donors (Lipinski definition) is 3. The van der Waals surface area contributed by atoms with Gasteiger partial charge in [-0.15, -0.1) is 0 Å². The molecule has 0 radical (unpaired) electrons. The zero-order valence-corrected chi connectivity index (χ0v) is 18.0. The molecule has 158 valence electrons. The molecule has 30 heavy (non-hydrogen) atoms. The topological polar surface area (TPSA) is 87.4 Å². The first kappa shape index (κ1) is 21.9. The second-order valence-corrected chi connectivity index (χ2v) is 8.16. The van der Waals surface area contributed by atoms with E-state index in [1.165, 1.54) is 0 Å². The summed E-state index contributed by atoms with van der Waals surface area (Å²) in [6.45, 7) is 4.58. The van der Waals surface area contributed by atoms with Crippen LogP contribution in [0, 0.1) is 6.92 Å². The van der Waals surface area contributed by atoms with Crippen LogP contribution in [0.5, 0.6) is 0 Å². The number of carboxylic acid groups (broad SMARTS) is 1. The zero-order valence-electron chi connectivity index (χ0n) is 17.2. The van der Waals surface area contributed by atoms with Crippen LogP contribution >= 0.6 is 11.8 Å². The Kier molecular flexibility index (Phi) is 7.54. The molecule has 1 heterocycles. The van der Waals surface area contributed by atoms with Crippen molar-refractivity contribution in [2.45, 2.75) is 44.6 Å². The molecule has 0 aliphatic carbocycles. The average Bonchev–Trinajstić information content (AvgIpc) is 3.13. The number of hydrogen-bond acceptors (Lipinski definition) is 5. The van der Waals surface area contributed by atoms with Crippen LogP contribution in [0.3, 0.4) is 0 Å². The molecule has 0 saturated heterocycles. The van der Waals surface area contributed by atoms with E-state index in [-0.39, 0.29) is 6.61 Å². The fourth-order valence-electron chi connectivity index (χ4n) is 3.23. The number of aromatic nitrogens is 2. The van der Waals surface area contributed by atoms with E-state index in [9.17, 15) is 15.0 Å². The molecule has 0 spiro atoms. The number of aliphatic carboxylic acids is 1. The molecule has 1 aromatic heterocycles. The van der Waals surface area contributed by atoms with E-state index >= 15 is 0 Å². The summed E-state index contributed by atoms with van der Waals surface area (Å²) in [5, 5.41) is 23.3. The van der Waals surface area contributed by atoms with Crippen LogP contribution in [0.2, 0.25) is 0 Å². The van der Waals surface area contributed by atoms with Gasteiger partial charge in [0.1, 0.15) is 0 Å². The lowest BCUT2D eigenvalue weighted by Crippen LogP contribution is -2.21. The van der Waals surface area contributed by atoms with Gasteiger partial charge in [0.2, 0.25) is 0 Å². The lowest BCUT2D eigenvalue weighted by atomic mass is 10.0. The summed E-state index contributed by atoms with van der Waals surface area (Å²) < 4.78 is 2.02. The van der Waals surface area contributed by atoms with Crippen molar-refractivity contribution in [2.24, 2.45) is 0 Å². The van der Waals surface area contributed by atoms with E-state index in [4.69, 9.17) is 0 Å². The number of carboxylic acids is 1. The van der Waals surface area contributed by atoms with Gasteiger partial charge in [-0.25, -0.2) is 9.78 Å². The molecule has 0 aliphatic rings. The van der Waals surface area contributed by atoms with Crippen LogP contribution in [-0.4, -0.2) is 31.5 Å². The highest BCUT2D eigenvalue weighted by atomic mass is 32.2. The Morgan fingerprint density at radius 1 is 1.20 bits per heavy atom. The van der Waals surface area contributed by atoms with Crippen LogP contribution in [0.15, 0.2) is 59.9 Å². The monoisotopic (exact) mass is 425 g/mol. The summed E-state index contributed by atoms with van der Waals surface area (Å²) in [5.74, 6) is 0.0530. The number of anilines is 1. The third kappa shape index (κ3) is 5.23. The molecule has 2 aromatic carbocycles. The highest BCUT2D eigenvalue weighted by molar-refractivity contribution is 7.99. The maximum atomic E-state index is 11.8. The van der Waals surface area contributed by atoms with Gasteiger partial charge in [-0.3, -0.25) is 0 Å². The van der Waals surface area contributed by atoms with Crippen LogP contribution in [0.4, 0.5) is 5.69 Å². The summed E-state index contributed by atoms with van der Waals surface area (Å²) >= 11 is 1.68. The number of aryl methyl sites for hydroxylation is 1. The Morgan fingerprint density at radius 3 is 2.57 bits per heavy atom. The van der Waals surface area contributed by atoms with Crippen LogP contribution in [-0.2, 0) is 17.9 Å². The number of rotatable bonds is 10. The minimum atomic E-state index is -0.919. The Hall–Kier alpha value is -2.77. The van der Waals surface area contributed by atoms with Crippen LogP contribution < -0.4 is 5.32 Å². The van der Waals surface area contributed by atoms with Crippen LogP contribution in [0.25, 0.3) is 0 Å². The molecule has 1 atom stereocenters. The molecule has 0 fully saturated rings. The largest absolute Gasteiger partial charge is 0.479 e. The predicted octanol–water partition coefficient (Wildman–Crippen LogP) is 4.47. The molecule has 7 heteroatoms. The minimum Gasteiger partial charge on any atom is -0.479 e. The number of benzene rings is 2. The van der Waals surface area contributed by atoms with E-state index in [0.717, 1.165) is 45.4 Å². The van der Waals surface area contributed by atoms with E-state index in [2.05, 4.69) is 17.2 Å². The summed E-state index contributed by atoms with van der Waals surface area (Å²) in [4.78, 5) is 16.3. The smallest absolute Gasteiger partial charge is 0.330 e. The number of aliphatic hydroxyl groups is 1. The van der Waals surface area contributed by atoms with Crippen molar-refractivity contribution in [3.8, 4) is 0 Å². The fraction of sp³-hybridized carbons (Fsp3) is 0.304. The van der Waals surface area contributed by atoms with Crippen molar-refractivity contribution in [3.63, 3.8) is 0 Å². The van der Waals surface area contributed by atoms with Gasteiger partial charge in [-0.1, -0.05) is 55.1 Å². The van der Waals surface area contributed by atoms with Gasteiger partial charge >= 0.3 is 5.97 Å². The summed E-state index contributed by atoms with van der Waals surface area (Å²) in [5.41, 5.74) is 4.25. The van der Waals surface area contributed by atoms with Gasteiger partial charge in [-0.05, 0) is 42.2 Å². The molecule has 0 saturated carbocycles. The summed E-state index contributed by atoms with van der Waals surface area (Å²) in [6.07, 6.45) is 2.77. The maximum Gasteiger partial charge on any atom is 0.330 e. The van der Waals surface area contributed by atoms with Gasteiger partial charge in [0.25, 0.3) is 0 Å². The lowest BCUT2D eigenvalue weighted by molar-refractivity contribution is -0.138. The fourth-order valence-corrected chi connectivity index (χ4v) is 4.09. The van der Waals surface area contributed by atoms with Gasteiger partial charge in [0, 0.05) is 18.0 Å². The second kappa shape index (κ2) is 10.3. The first-order valence-electron chi connectivity index (χ1n) is 9.95. The van der Waals surface area contributed by atoms with E-state index in [1.54, 1.807) is 18.0 Å². The average molecular weight is 426 g/mol. The quantitative estimate of drug-likeness (QED) is 0.415. The highest BCUT2D eigenvalue weighted by Crippen LogP contribution is 2.25. The third-order valence-electron chi connectivity index (χ3n) is 4.85. The molecule has 3 N–H and O–H groups in total. The summed E-state index contributed by atoms with van der Waals surface area (Å²) in [7, 11) is 0. The van der Waals surface area contributed by atoms with Crippen molar-refractivity contribution in [1.29, 1.82) is 0 Å². The Bertz CT molecular complexity index is 986. The minimum absolute atomic E-state index is 0.0595. The third-order valence-corrected chi connectivity index (χ3v) is 6.05. The lowest BCUT2D eigenvalue weighted by Gasteiger charge is -2.18. The first-order chi connectivity index (χ1) is 14.5. The molecule has 0 amide bonds. The molecular formula is C23H27N3O3S. The van der Waals surface area contributed by atoms with E-state index in [0.29, 0.717) is 6.54 Å². The molecule has 0 bridgehead atoms. The van der Waals surface area contributed by atoms with E-state index < -0.39 is 12.0 Å². The van der Waals surface area contributed by atoms with Crippen LogP contribution in [0.1, 0.15) is 41.8 Å². The van der Waals surface area contributed by atoms with E-state index in [1.807, 2.05) is 60.0 Å². The highest BCUT2D eigenvalue weighted by Gasteiger charge is 2.21. The Balaban J connectivity index is 1.76. The maximum absolute atomic E-state index is 11.8. The Morgan fingerprint density at radius 2 is 1.93 bits per heavy atom. The number of nitrogens with zero attached hydrogens (tertiary/aromatic N) is 2. The molecule has 1 unspecified atom stereocenters. The summed E-state index contributed by atoms with van der Waals surface area (Å²) in [6, 6.07) is 14.4. The van der Waals surface area contributed by atoms with Gasteiger partial charge < -0.3 is 20.1 Å². The number of aliphatic hydroxyl groups excluding tert-OH is 1. The van der Waals surface area contributed by atoms with Crippen molar-refractivity contribution >= 4 is 23.4 Å². The van der Waals surface area contributed by atoms with Crippen molar-refractivity contribution in [1.82, 2.24) is 9.55 Å². The van der Waals surface area contributed by atoms with Gasteiger partial charge in [-0.2, -0.15) is 0 Å². The number of carbonyl (C=O) groups is 1. The second-order valence-electron chi connectivity index (χ2n) is 7.09. The molecule has 0 aliphatic heterocycles. The molecule has 3 rings (SSSR count). The molecular weight excluding hydrogens is 398 g/mol. The first-order valence-corrected chi connectivity index (χ1v) is 10.9. The molecule has 6 nitrogen and oxygen atoms in total. The number of imidazole rings is 1. The standard InChI is InChI=1S/C23H27N3O3S/c1-3-12-30-23-24-13-19(15-27)26(23)14-17-8-10-18(11-9-17)25-21(22(28)29)20-7-5-4-6-16(20)2/h4-11,13,21,25,27H,3,12,14-15H2,1-2H3,(H,28,29). The molecule has 3 aromatic rings. The zero-order chi connectivity index (χ0) is 21.5. The SMILES string of the molecule is CCCSc1ncc(CO)n1Cc1ccc(NC(C(=O)O)c2ccccc2C)cc1. The van der Waals surface area contributed by atoms with Crippen molar-refractivity contribution in [3.05, 3.63) is 77.1 Å².